The molecule has 11 nitrogen and oxygen atoms in total. The predicted molar refractivity (Wildman–Crippen MR) is 136 cm³/mol. The summed E-state index contributed by atoms with van der Waals surface area (Å²) in [6, 6.07) is 15.7. The number of amides is 1. The average molecular weight is 521 g/mol. The highest BCUT2D eigenvalue weighted by Gasteiger charge is 2.26. The normalized spacial score (nSPS) is 13.4. The van der Waals surface area contributed by atoms with Crippen LogP contribution >= 0.6 is 7.60 Å². The van der Waals surface area contributed by atoms with Gasteiger partial charge in [0.1, 0.15) is 17.0 Å². The number of hydrogen-bond donors (Lipinski definition) is 3. The van der Waals surface area contributed by atoms with E-state index in [1.165, 1.54) is 25.4 Å². The second-order valence-electron chi connectivity index (χ2n) is 7.80. The standard InChI is InChI=1S/C25H24N5O6P/c1-3-36-37(33,34)19-7-4-6-17(14-19)22(16-9-11-18(35-2)12-10-16)28-24(31)20-15-26-23(29-25(20)32)21-8-5-13-27-30-21/h4-15,22H,3H2,1-2H3,(H,28,31)(H,33,34)(H,26,29,32). The molecule has 2 unspecified atom stereocenters. The smallest absolute Gasteiger partial charge is 0.358 e. The van der Waals surface area contributed by atoms with Crippen molar-refractivity contribution in [3.05, 3.63) is 100 Å². The summed E-state index contributed by atoms with van der Waals surface area (Å²) in [6.45, 7) is 1.67. The van der Waals surface area contributed by atoms with Gasteiger partial charge in [-0.1, -0.05) is 24.3 Å². The van der Waals surface area contributed by atoms with Crippen LogP contribution in [0.2, 0.25) is 0 Å². The Labute approximate surface area is 212 Å². The molecule has 37 heavy (non-hydrogen) atoms. The number of nitrogens with one attached hydrogen (secondary N) is 2. The molecule has 2 heterocycles. The van der Waals surface area contributed by atoms with Crippen molar-refractivity contribution in [2.75, 3.05) is 13.7 Å². The van der Waals surface area contributed by atoms with E-state index in [-0.39, 0.29) is 23.3 Å². The molecule has 0 saturated carbocycles. The van der Waals surface area contributed by atoms with Gasteiger partial charge in [0, 0.05) is 12.4 Å². The Morgan fingerprint density at radius 2 is 1.92 bits per heavy atom. The van der Waals surface area contributed by atoms with Crippen LogP contribution in [0.25, 0.3) is 11.5 Å². The lowest BCUT2D eigenvalue weighted by atomic mass is 9.98. The lowest BCUT2D eigenvalue weighted by Gasteiger charge is -2.21. The van der Waals surface area contributed by atoms with E-state index < -0.39 is 25.1 Å². The molecule has 0 spiro atoms. The highest BCUT2D eigenvalue weighted by atomic mass is 31.2. The van der Waals surface area contributed by atoms with Crippen molar-refractivity contribution in [1.29, 1.82) is 0 Å². The lowest BCUT2D eigenvalue weighted by molar-refractivity contribution is 0.0941. The van der Waals surface area contributed by atoms with E-state index in [9.17, 15) is 19.0 Å². The van der Waals surface area contributed by atoms with Crippen LogP contribution in [0.4, 0.5) is 0 Å². The van der Waals surface area contributed by atoms with Gasteiger partial charge in [0.2, 0.25) is 0 Å². The topological polar surface area (TPSA) is 156 Å². The SMILES string of the molecule is CCOP(=O)(O)c1cccc(C(NC(=O)c2cnc(-c3cccnn3)[nH]c2=O)c2ccc(OC)cc2)c1. The number of nitrogens with zero attached hydrogens (tertiary/aromatic N) is 3. The number of rotatable bonds is 9. The number of ether oxygens (including phenoxy) is 1. The number of carbonyl (C=O) groups excluding carboxylic acids is 1. The molecule has 190 valence electrons. The summed E-state index contributed by atoms with van der Waals surface area (Å²) in [4.78, 5) is 43.0. The Kier molecular flexibility index (Phi) is 7.88. The number of hydrogen-bond acceptors (Lipinski definition) is 8. The first-order valence-corrected chi connectivity index (χ1v) is 12.8. The predicted octanol–water partition coefficient (Wildman–Crippen LogP) is 2.60. The summed E-state index contributed by atoms with van der Waals surface area (Å²) in [6.07, 6.45) is 2.65. The maximum atomic E-state index is 13.2. The minimum atomic E-state index is -4.06. The molecule has 12 heteroatoms. The summed E-state index contributed by atoms with van der Waals surface area (Å²) >= 11 is 0. The molecule has 0 bridgehead atoms. The van der Waals surface area contributed by atoms with Gasteiger partial charge in [-0.2, -0.15) is 5.10 Å². The third-order valence-electron chi connectivity index (χ3n) is 5.42. The fourth-order valence-corrected chi connectivity index (χ4v) is 4.69. The van der Waals surface area contributed by atoms with Gasteiger partial charge in [0.25, 0.3) is 11.5 Å². The molecule has 0 saturated heterocycles. The molecule has 4 aromatic rings. The van der Waals surface area contributed by atoms with Gasteiger partial charge in [-0.3, -0.25) is 14.2 Å². The largest absolute Gasteiger partial charge is 0.497 e. The number of carbonyl (C=O) groups is 1. The minimum absolute atomic E-state index is 0.0526. The monoisotopic (exact) mass is 521 g/mol. The Hall–Kier alpha value is -4.18. The van der Waals surface area contributed by atoms with Crippen LogP contribution in [0.3, 0.4) is 0 Å². The molecular formula is C25H24N5O6P. The van der Waals surface area contributed by atoms with E-state index >= 15 is 0 Å². The van der Waals surface area contributed by atoms with Crippen LogP contribution in [-0.2, 0) is 9.09 Å². The number of H-pyrrole nitrogens is 1. The molecule has 0 aliphatic rings. The molecule has 1 amide bonds. The average Bonchev–Trinajstić information content (AvgIpc) is 2.92. The summed E-state index contributed by atoms with van der Waals surface area (Å²) < 4.78 is 22.9. The second-order valence-corrected chi connectivity index (χ2v) is 9.61. The third kappa shape index (κ3) is 5.97. The van der Waals surface area contributed by atoms with Crippen LogP contribution in [0, 0.1) is 0 Å². The lowest BCUT2D eigenvalue weighted by Crippen LogP contribution is -2.34. The highest BCUT2D eigenvalue weighted by Crippen LogP contribution is 2.41. The van der Waals surface area contributed by atoms with Gasteiger partial charge >= 0.3 is 7.60 Å². The maximum absolute atomic E-state index is 13.2. The summed E-state index contributed by atoms with van der Waals surface area (Å²) in [5.41, 5.74) is 0.625. The zero-order valence-electron chi connectivity index (χ0n) is 20.0. The zero-order valence-corrected chi connectivity index (χ0v) is 20.9. The minimum Gasteiger partial charge on any atom is -0.497 e. The molecule has 4 rings (SSSR count). The van der Waals surface area contributed by atoms with E-state index in [1.807, 2.05) is 0 Å². The Balaban J connectivity index is 1.70. The van der Waals surface area contributed by atoms with E-state index in [0.29, 0.717) is 22.6 Å². The van der Waals surface area contributed by atoms with Crippen molar-refractivity contribution in [2.45, 2.75) is 13.0 Å². The molecule has 2 aromatic carbocycles. The molecule has 0 aliphatic heterocycles. The fourth-order valence-electron chi connectivity index (χ4n) is 3.61. The van der Waals surface area contributed by atoms with E-state index in [0.717, 1.165) is 6.20 Å². The van der Waals surface area contributed by atoms with Crippen LogP contribution in [-0.4, -0.2) is 44.7 Å². The van der Waals surface area contributed by atoms with Gasteiger partial charge in [-0.25, -0.2) is 4.98 Å². The van der Waals surface area contributed by atoms with Gasteiger partial charge in [-0.05, 0) is 54.4 Å². The maximum Gasteiger partial charge on any atom is 0.358 e. The number of aromatic amines is 1. The van der Waals surface area contributed by atoms with Crippen molar-refractivity contribution in [1.82, 2.24) is 25.5 Å². The van der Waals surface area contributed by atoms with Gasteiger partial charge < -0.3 is 24.5 Å². The number of methoxy groups -OCH3 is 1. The second kappa shape index (κ2) is 11.3. The highest BCUT2D eigenvalue weighted by molar-refractivity contribution is 7.61. The van der Waals surface area contributed by atoms with E-state index in [2.05, 4.69) is 25.5 Å². The quantitative estimate of drug-likeness (QED) is 0.282. The number of benzene rings is 2. The van der Waals surface area contributed by atoms with Crippen molar-refractivity contribution < 1.29 is 23.5 Å². The fraction of sp³-hybridized carbons (Fsp3) is 0.160. The first-order chi connectivity index (χ1) is 17.8. The molecule has 0 fully saturated rings. The Morgan fingerprint density at radius 1 is 1.14 bits per heavy atom. The summed E-state index contributed by atoms with van der Waals surface area (Å²) in [5, 5.41) is 10.6. The van der Waals surface area contributed by atoms with Gasteiger partial charge in [-0.15, -0.1) is 5.10 Å². The first-order valence-electron chi connectivity index (χ1n) is 11.2. The molecule has 2 aromatic heterocycles. The van der Waals surface area contributed by atoms with Crippen molar-refractivity contribution in [3.8, 4) is 17.3 Å². The Morgan fingerprint density at radius 3 is 2.57 bits per heavy atom. The third-order valence-corrected chi connectivity index (χ3v) is 6.96. The molecular weight excluding hydrogens is 497 g/mol. The van der Waals surface area contributed by atoms with Gasteiger partial charge in [0.05, 0.1) is 25.1 Å². The first kappa shape index (κ1) is 25.9. The van der Waals surface area contributed by atoms with Crippen molar-refractivity contribution >= 4 is 18.8 Å². The molecule has 2 atom stereocenters. The molecule has 3 N–H and O–H groups in total. The summed E-state index contributed by atoms with van der Waals surface area (Å²) in [5.74, 6) is 0.0883. The van der Waals surface area contributed by atoms with Crippen molar-refractivity contribution in [2.24, 2.45) is 0 Å². The van der Waals surface area contributed by atoms with E-state index in [1.54, 1.807) is 55.5 Å². The van der Waals surface area contributed by atoms with Gasteiger partial charge in [0.15, 0.2) is 5.82 Å². The molecule has 0 radical (unpaired) electrons. The molecule has 0 aliphatic carbocycles. The zero-order chi connectivity index (χ0) is 26.4. The van der Waals surface area contributed by atoms with Crippen LogP contribution in [0.5, 0.6) is 5.75 Å². The Bertz CT molecular complexity index is 1490. The van der Waals surface area contributed by atoms with Crippen LogP contribution in [0.15, 0.2) is 77.9 Å². The van der Waals surface area contributed by atoms with Crippen LogP contribution < -0.4 is 20.9 Å². The van der Waals surface area contributed by atoms with Crippen LogP contribution in [0.1, 0.15) is 34.5 Å². The summed E-state index contributed by atoms with van der Waals surface area (Å²) in [7, 11) is -2.52. The van der Waals surface area contributed by atoms with Crippen molar-refractivity contribution in [3.63, 3.8) is 0 Å². The van der Waals surface area contributed by atoms with E-state index in [4.69, 9.17) is 9.26 Å². The number of aromatic nitrogens is 4.